The van der Waals surface area contributed by atoms with Crippen LogP contribution in [-0.4, -0.2) is 44.6 Å². The average Bonchev–Trinajstić information content (AvgIpc) is 2.86. The molecule has 1 atom stereocenters. The van der Waals surface area contributed by atoms with Crippen LogP contribution in [0.2, 0.25) is 0 Å². The standard InChI is InChI=1S/C25H28N4O5S/c1-4-23(34-20-13-11-19(12-14-20)29(2)35(3,32)33)25(31)28-22-10-6-5-9-21(22)24(30)27-17-18-8-7-15-26-16-18/h5-16,23H,4,17H2,1-3H3,(H,27,30)(H,28,31). The van der Waals surface area contributed by atoms with Crippen LogP contribution in [-0.2, 0) is 21.4 Å². The second-order valence-electron chi connectivity index (χ2n) is 7.82. The molecule has 0 fully saturated rings. The molecular formula is C25H28N4O5S. The van der Waals surface area contributed by atoms with Crippen molar-refractivity contribution in [1.29, 1.82) is 0 Å². The third-order valence-corrected chi connectivity index (χ3v) is 6.45. The van der Waals surface area contributed by atoms with Crippen molar-refractivity contribution in [2.24, 2.45) is 0 Å². The summed E-state index contributed by atoms with van der Waals surface area (Å²) in [5.74, 6) is -0.318. The van der Waals surface area contributed by atoms with E-state index < -0.39 is 22.0 Å². The van der Waals surface area contributed by atoms with Crippen molar-refractivity contribution < 1.29 is 22.7 Å². The molecule has 0 aliphatic rings. The normalized spacial score (nSPS) is 11.9. The summed E-state index contributed by atoms with van der Waals surface area (Å²) < 4.78 is 30.4. The number of sulfonamides is 1. The Morgan fingerprint density at radius 1 is 1.06 bits per heavy atom. The first kappa shape index (κ1) is 25.7. The van der Waals surface area contributed by atoms with Gasteiger partial charge in [-0.3, -0.25) is 18.9 Å². The maximum Gasteiger partial charge on any atom is 0.265 e. The maximum absolute atomic E-state index is 12.9. The van der Waals surface area contributed by atoms with Crippen LogP contribution in [0.5, 0.6) is 5.75 Å². The van der Waals surface area contributed by atoms with Gasteiger partial charge in [-0.15, -0.1) is 0 Å². The van der Waals surface area contributed by atoms with Gasteiger partial charge in [0.2, 0.25) is 10.0 Å². The predicted molar refractivity (Wildman–Crippen MR) is 135 cm³/mol. The zero-order valence-corrected chi connectivity index (χ0v) is 20.6. The van der Waals surface area contributed by atoms with Crippen LogP contribution >= 0.6 is 0 Å². The molecule has 0 radical (unpaired) electrons. The van der Waals surface area contributed by atoms with E-state index >= 15 is 0 Å². The molecule has 0 aliphatic carbocycles. The average molecular weight is 497 g/mol. The molecule has 10 heteroatoms. The van der Waals surface area contributed by atoms with Crippen LogP contribution in [0.25, 0.3) is 0 Å². The van der Waals surface area contributed by atoms with Gasteiger partial charge in [-0.1, -0.05) is 25.1 Å². The Labute approximate surface area is 205 Å². The van der Waals surface area contributed by atoms with Crippen LogP contribution in [0, 0.1) is 0 Å². The molecule has 1 unspecified atom stereocenters. The van der Waals surface area contributed by atoms with Gasteiger partial charge < -0.3 is 15.4 Å². The third kappa shape index (κ3) is 7.03. The molecule has 0 saturated heterocycles. The number of hydrogen-bond donors (Lipinski definition) is 2. The highest BCUT2D eigenvalue weighted by molar-refractivity contribution is 7.92. The molecule has 0 saturated carbocycles. The minimum absolute atomic E-state index is 0.306. The lowest BCUT2D eigenvalue weighted by atomic mass is 10.1. The number of anilines is 2. The summed E-state index contributed by atoms with van der Waals surface area (Å²) in [5, 5.41) is 5.61. The Morgan fingerprint density at radius 2 is 1.77 bits per heavy atom. The van der Waals surface area contributed by atoms with E-state index in [4.69, 9.17) is 4.74 Å². The topological polar surface area (TPSA) is 118 Å². The highest BCUT2D eigenvalue weighted by Gasteiger charge is 2.21. The van der Waals surface area contributed by atoms with Gasteiger partial charge in [-0.25, -0.2) is 8.42 Å². The zero-order chi connectivity index (χ0) is 25.4. The van der Waals surface area contributed by atoms with E-state index in [0.29, 0.717) is 35.7 Å². The zero-order valence-electron chi connectivity index (χ0n) is 19.8. The summed E-state index contributed by atoms with van der Waals surface area (Å²) in [5.41, 5.74) is 2.03. The summed E-state index contributed by atoms with van der Waals surface area (Å²) in [4.78, 5) is 29.7. The number of nitrogens with zero attached hydrogens (tertiary/aromatic N) is 2. The number of ether oxygens (including phenoxy) is 1. The number of benzene rings is 2. The van der Waals surface area contributed by atoms with Gasteiger partial charge >= 0.3 is 0 Å². The molecule has 2 amide bonds. The molecule has 0 aliphatic heterocycles. The Balaban J connectivity index is 1.66. The molecule has 3 rings (SSSR count). The summed E-state index contributed by atoms with van der Waals surface area (Å²) in [6, 6.07) is 16.8. The number of hydrogen-bond acceptors (Lipinski definition) is 6. The Bertz CT molecular complexity index is 1260. The lowest BCUT2D eigenvalue weighted by Crippen LogP contribution is -2.33. The fourth-order valence-corrected chi connectivity index (χ4v) is 3.70. The van der Waals surface area contributed by atoms with E-state index in [0.717, 1.165) is 16.1 Å². The monoisotopic (exact) mass is 496 g/mol. The largest absolute Gasteiger partial charge is 0.481 e. The minimum Gasteiger partial charge on any atom is -0.481 e. The number of rotatable bonds is 10. The summed E-state index contributed by atoms with van der Waals surface area (Å²) in [6.07, 6.45) is 4.01. The number of aromatic nitrogens is 1. The smallest absolute Gasteiger partial charge is 0.265 e. The van der Waals surface area contributed by atoms with Gasteiger partial charge in [0.15, 0.2) is 6.10 Å². The molecule has 2 aromatic carbocycles. The Morgan fingerprint density at radius 3 is 2.40 bits per heavy atom. The van der Waals surface area contributed by atoms with Crippen molar-refractivity contribution in [3.63, 3.8) is 0 Å². The van der Waals surface area contributed by atoms with Crippen LogP contribution in [0.15, 0.2) is 73.1 Å². The van der Waals surface area contributed by atoms with Crippen molar-refractivity contribution in [2.45, 2.75) is 26.0 Å². The number of pyridine rings is 1. The van der Waals surface area contributed by atoms with Crippen LogP contribution in [0.1, 0.15) is 29.3 Å². The van der Waals surface area contributed by atoms with Crippen LogP contribution in [0.4, 0.5) is 11.4 Å². The highest BCUT2D eigenvalue weighted by Crippen LogP contribution is 2.22. The number of carbonyl (C=O) groups excluding carboxylic acids is 2. The summed E-state index contributed by atoms with van der Waals surface area (Å²) >= 11 is 0. The van der Waals surface area contributed by atoms with E-state index in [1.165, 1.54) is 7.05 Å². The van der Waals surface area contributed by atoms with Crippen LogP contribution in [0.3, 0.4) is 0 Å². The fourth-order valence-electron chi connectivity index (χ4n) is 3.20. The van der Waals surface area contributed by atoms with Gasteiger partial charge in [0.05, 0.1) is 23.2 Å². The Hall–Kier alpha value is -3.92. The molecule has 2 N–H and O–H groups in total. The van der Waals surface area contributed by atoms with Crippen LogP contribution < -0.4 is 19.7 Å². The lowest BCUT2D eigenvalue weighted by molar-refractivity contribution is -0.122. The molecule has 35 heavy (non-hydrogen) atoms. The molecule has 1 heterocycles. The molecule has 0 spiro atoms. The second-order valence-corrected chi connectivity index (χ2v) is 9.83. The Kier molecular flexibility index (Phi) is 8.43. The van der Waals surface area contributed by atoms with E-state index in [1.54, 1.807) is 67.0 Å². The maximum atomic E-state index is 12.9. The predicted octanol–water partition coefficient (Wildman–Crippen LogP) is 3.20. The van der Waals surface area contributed by atoms with E-state index in [2.05, 4.69) is 15.6 Å². The van der Waals surface area contributed by atoms with Gasteiger partial charge in [0, 0.05) is 26.0 Å². The number of amides is 2. The molecule has 9 nitrogen and oxygen atoms in total. The van der Waals surface area contributed by atoms with Gasteiger partial charge in [-0.05, 0) is 54.4 Å². The van der Waals surface area contributed by atoms with Crippen molar-refractivity contribution in [1.82, 2.24) is 10.3 Å². The number of para-hydroxylation sites is 1. The van der Waals surface area contributed by atoms with Crippen molar-refractivity contribution in [3.05, 3.63) is 84.2 Å². The van der Waals surface area contributed by atoms with Gasteiger partial charge in [0.25, 0.3) is 11.8 Å². The molecule has 0 bridgehead atoms. The number of nitrogens with one attached hydrogen (secondary N) is 2. The van der Waals surface area contributed by atoms with E-state index in [9.17, 15) is 18.0 Å². The molecule has 184 valence electrons. The van der Waals surface area contributed by atoms with E-state index in [-0.39, 0.29) is 5.91 Å². The third-order valence-electron chi connectivity index (χ3n) is 5.24. The fraction of sp³-hybridized carbons (Fsp3) is 0.240. The van der Waals surface area contributed by atoms with Crippen molar-refractivity contribution in [2.75, 3.05) is 22.9 Å². The molecular weight excluding hydrogens is 468 g/mol. The molecule has 3 aromatic rings. The lowest BCUT2D eigenvalue weighted by Gasteiger charge is -2.20. The van der Waals surface area contributed by atoms with E-state index in [1.807, 2.05) is 13.0 Å². The van der Waals surface area contributed by atoms with Gasteiger partial charge in [0.1, 0.15) is 5.75 Å². The molecule has 1 aromatic heterocycles. The minimum atomic E-state index is -3.38. The SMILES string of the molecule is CCC(Oc1ccc(N(C)S(C)(=O)=O)cc1)C(=O)Nc1ccccc1C(=O)NCc1cccnc1. The van der Waals surface area contributed by atoms with Crippen molar-refractivity contribution in [3.8, 4) is 5.75 Å². The summed E-state index contributed by atoms with van der Waals surface area (Å²) in [6.45, 7) is 2.11. The van der Waals surface area contributed by atoms with Gasteiger partial charge in [-0.2, -0.15) is 0 Å². The summed E-state index contributed by atoms with van der Waals surface area (Å²) in [7, 11) is -1.93. The first-order valence-electron chi connectivity index (χ1n) is 11.0. The first-order chi connectivity index (χ1) is 16.7. The number of carbonyl (C=O) groups is 2. The second kappa shape index (κ2) is 11.5. The first-order valence-corrected chi connectivity index (χ1v) is 12.8. The quantitative estimate of drug-likeness (QED) is 0.445. The highest BCUT2D eigenvalue weighted by atomic mass is 32.2. The van der Waals surface area contributed by atoms with Crippen molar-refractivity contribution >= 4 is 33.2 Å².